The number of carbonyl (C=O) groups excluding carboxylic acids is 1. The molecule has 2 heterocycles. The van der Waals surface area contributed by atoms with E-state index in [0.29, 0.717) is 0 Å². The van der Waals surface area contributed by atoms with E-state index in [1.807, 2.05) is 4.08 Å². The standard InChI is InChI=1S/C13H11IN3O4/c18-11-1-8(9-4-15-7-16-5-9)2-14-3-10(11)13(21)17-6-12(19)20/h1-5,7,18H,6H2,(H,17,21)(H,19,20)/q-1. The molecule has 0 aliphatic carbocycles. The predicted octanol–water partition coefficient (Wildman–Crippen LogP) is -2.55. The fourth-order valence-corrected chi connectivity index (χ4v) is 3.55. The predicted molar refractivity (Wildman–Crippen MR) is 69.4 cm³/mol. The summed E-state index contributed by atoms with van der Waals surface area (Å²) in [6.45, 7) is -0.491. The van der Waals surface area contributed by atoms with Crippen molar-refractivity contribution in [2.24, 2.45) is 0 Å². The van der Waals surface area contributed by atoms with E-state index in [4.69, 9.17) is 5.11 Å². The van der Waals surface area contributed by atoms with E-state index in [1.165, 1.54) is 12.4 Å². The SMILES string of the molecule is O=C(O)CNC(=O)C1=C[I-]C=C(c2cncnc2)C=C1O. The molecular formula is C13H11IN3O4-. The van der Waals surface area contributed by atoms with Gasteiger partial charge in [0.2, 0.25) is 0 Å². The molecule has 21 heavy (non-hydrogen) atoms. The maximum absolute atomic E-state index is 11.8. The zero-order valence-electron chi connectivity index (χ0n) is 10.7. The van der Waals surface area contributed by atoms with Crippen molar-refractivity contribution < 1.29 is 41.0 Å². The Morgan fingerprint density at radius 2 is 1.95 bits per heavy atom. The van der Waals surface area contributed by atoms with Gasteiger partial charge in [-0.1, -0.05) is 0 Å². The Morgan fingerprint density at radius 3 is 2.62 bits per heavy atom. The molecule has 1 amide bonds. The molecule has 0 unspecified atom stereocenters. The van der Waals surface area contributed by atoms with Crippen molar-refractivity contribution in [2.45, 2.75) is 0 Å². The summed E-state index contributed by atoms with van der Waals surface area (Å²) in [5.41, 5.74) is 1.56. The second-order valence-electron chi connectivity index (χ2n) is 3.95. The summed E-state index contributed by atoms with van der Waals surface area (Å²) in [5.74, 6) is -1.95. The Labute approximate surface area is 130 Å². The fourth-order valence-electron chi connectivity index (χ4n) is 1.49. The molecule has 0 saturated carbocycles. The number of nitrogens with zero attached hydrogens (tertiary/aromatic N) is 2. The van der Waals surface area contributed by atoms with Gasteiger partial charge in [0.1, 0.15) is 0 Å². The molecule has 110 valence electrons. The van der Waals surface area contributed by atoms with Crippen LogP contribution in [-0.4, -0.2) is 38.6 Å². The molecule has 2 rings (SSSR count). The van der Waals surface area contributed by atoms with Gasteiger partial charge in [0.15, 0.2) is 0 Å². The summed E-state index contributed by atoms with van der Waals surface area (Å²) >= 11 is -0.607. The number of nitrogens with one attached hydrogen (secondary N) is 1. The Morgan fingerprint density at radius 1 is 1.24 bits per heavy atom. The summed E-state index contributed by atoms with van der Waals surface area (Å²) < 4.78 is 3.56. The third-order valence-electron chi connectivity index (χ3n) is 2.46. The van der Waals surface area contributed by atoms with Crippen molar-refractivity contribution in [3.8, 4) is 0 Å². The second-order valence-corrected chi connectivity index (χ2v) is 5.91. The summed E-state index contributed by atoms with van der Waals surface area (Å²) in [4.78, 5) is 30.1. The monoisotopic (exact) mass is 400 g/mol. The van der Waals surface area contributed by atoms with Crippen LogP contribution in [0, 0.1) is 0 Å². The molecule has 1 aromatic heterocycles. The number of hydrogen-bond donors (Lipinski definition) is 3. The molecule has 1 aliphatic heterocycles. The van der Waals surface area contributed by atoms with E-state index >= 15 is 0 Å². The number of carboxylic acid groups (broad SMARTS) is 1. The molecule has 0 fully saturated rings. The molecular weight excluding hydrogens is 389 g/mol. The van der Waals surface area contributed by atoms with Gasteiger partial charge in [0.25, 0.3) is 0 Å². The van der Waals surface area contributed by atoms with Crippen LogP contribution >= 0.6 is 0 Å². The van der Waals surface area contributed by atoms with Crippen molar-refractivity contribution in [3.05, 3.63) is 49.9 Å². The van der Waals surface area contributed by atoms with Crippen LogP contribution in [0.15, 0.2) is 44.3 Å². The van der Waals surface area contributed by atoms with Gasteiger partial charge in [-0.2, -0.15) is 0 Å². The van der Waals surface area contributed by atoms with Crippen molar-refractivity contribution in [1.82, 2.24) is 15.3 Å². The van der Waals surface area contributed by atoms with E-state index in [1.54, 1.807) is 16.5 Å². The molecule has 0 atom stereocenters. The average Bonchev–Trinajstić information content (AvgIpc) is 2.67. The number of rotatable bonds is 4. The van der Waals surface area contributed by atoms with Gasteiger partial charge in [-0.15, -0.1) is 0 Å². The number of halogens is 1. The van der Waals surface area contributed by atoms with E-state index in [9.17, 15) is 14.7 Å². The van der Waals surface area contributed by atoms with Crippen LogP contribution in [0.3, 0.4) is 0 Å². The Bertz CT molecular complexity index is 653. The molecule has 0 bridgehead atoms. The van der Waals surface area contributed by atoms with Crippen molar-refractivity contribution in [3.63, 3.8) is 0 Å². The van der Waals surface area contributed by atoms with Crippen molar-refractivity contribution in [1.29, 1.82) is 0 Å². The van der Waals surface area contributed by atoms with Crippen LogP contribution in [0.5, 0.6) is 0 Å². The van der Waals surface area contributed by atoms with Crippen LogP contribution in [0.2, 0.25) is 0 Å². The number of aliphatic hydroxyl groups is 1. The topological polar surface area (TPSA) is 112 Å². The molecule has 8 heteroatoms. The van der Waals surface area contributed by atoms with Crippen LogP contribution in [0.25, 0.3) is 5.57 Å². The molecule has 0 spiro atoms. The molecule has 0 saturated heterocycles. The van der Waals surface area contributed by atoms with E-state index in [0.717, 1.165) is 11.1 Å². The Hall–Kier alpha value is -2.23. The number of aliphatic hydroxyl groups excluding tert-OH is 1. The quantitative estimate of drug-likeness (QED) is 0.480. The Balaban J connectivity index is 2.17. The van der Waals surface area contributed by atoms with Gasteiger partial charge in [-0.05, 0) is 0 Å². The molecule has 0 radical (unpaired) electrons. The zero-order valence-corrected chi connectivity index (χ0v) is 12.8. The van der Waals surface area contributed by atoms with Crippen molar-refractivity contribution in [2.75, 3.05) is 6.54 Å². The summed E-state index contributed by atoms with van der Waals surface area (Å²) in [6, 6.07) is 0. The first-order valence-electron chi connectivity index (χ1n) is 5.76. The number of aliphatic carboxylic acids is 1. The Kier molecular flexibility index (Phi) is 5.04. The van der Waals surface area contributed by atoms with Gasteiger partial charge in [0, 0.05) is 0 Å². The minimum absolute atomic E-state index is 0.0900. The van der Waals surface area contributed by atoms with Crippen LogP contribution in [0.1, 0.15) is 5.56 Å². The molecule has 1 aromatic rings. The normalized spacial score (nSPS) is 14.8. The first-order valence-corrected chi connectivity index (χ1v) is 8.26. The number of amides is 1. The van der Waals surface area contributed by atoms with Gasteiger partial charge in [-0.3, -0.25) is 0 Å². The van der Waals surface area contributed by atoms with Gasteiger partial charge >= 0.3 is 130 Å². The first-order chi connectivity index (χ1) is 10.1. The molecule has 3 N–H and O–H groups in total. The zero-order chi connectivity index (χ0) is 15.2. The summed E-state index contributed by atoms with van der Waals surface area (Å²) in [7, 11) is 0. The third kappa shape index (κ3) is 4.12. The van der Waals surface area contributed by atoms with Gasteiger partial charge in [0.05, 0.1) is 0 Å². The molecule has 0 aromatic carbocycles. The van der Waals surface area contributed by atoms with E-state index in [2.05, 4.69) is 15.3 Å². The van der Waals surface area contributed by atoms with Gasteiger partial charge in [-0.25, -0.2) is 0 Å². The van der Waals surface area contributed by atoms with Gasteiger partial charge < -0.3 is 0 Å². The number of allylic oxidation sites excluding steroid dienone is 2. The number of carbonyl (C=O) groups is 2. The molecule has 1 aliphatic rings. The summed E-state index contributed by atoms with van der Waals surface area (Å²) in [6.07, 6.45) is 6.09. The average molecular weight is 400 g/mol. The maximum atomic E-state index is 11.8. The van der Waals surface area contributed by atoms with Crippen molar-refractivity contribution >= 4 is 17.4 Å². The van der Waals surface area contributed by atoms with E-state index in [-0.39, 0.29) is 11.3 Å². The number of carboxylic acids is 1. The fraction of sp³-hybridized carbons (Fsp3) is 0.0769. The second kappa shape index (κ2) is 6.97. The van der Waals surface area contributed by atoms with Crippen LogP contribution < -0.4 is 26.5 Å². The minimum atomic E-state index is -1.14. The van der Waals surface area contributed by atoms with Crippen LogP contribution in [-0.2, 0) is 9.59 Å². The molecule has 7 nitrogen and oxygen atoms in total. The first kappa shape index (κ1) is 15.2. The van der Waals surface area contributed by atoms with E-state index < -0.39 is 39.6 Å². The summed E-state index contributed by atoms with van der Waals surface area (Å²) in [5, 5.41) is 20.8. The number of aromatic nitrogens is 2. The number of hydrogen-bond acceptors (Lipinski definition) is 5. The van der Waals surface area contributed by atoms with Crippen LogP contribution in [0.4, 0.5) is 0 Å². The third-order valence-corrected chi connectivity index (χ3v) is 4.47.